The maximum Gasteiger partial charge on any atom is 0.408 e. The second-order valence-electron chi connectivity index (χ2n) is 9.83. The van der Waals surface area contributed by atoms with E-state index in [9.17, 15) is 9.59 Å². The van der Waals surface area contributed by atoms with Crippen molar-refractivity contribution in [2.45, 2.75) is 31.6 Å². The summed E-state index contributed by atoms with van der Waals surface area (Å²) >= 11 is 0. The zero-order valence-electron chi connectivity index (χ0n) is 21.2. The van der Waals surface area contributed by atoms with Gasteiger partial charge in [0.25, 0.3) is 5.91 Å². The average molecular weight is 516 g/mol. The molecular formula is C30H33N3O5. The van der Waals surface area contributed by atoms with Crippen molar-refractivity contribution >= 4 is 17.7 Å². The number of nitrogens with zero attached hydrogens (tertiary/aromatic N) is 1. The van der Waals surface area contributed by atoms with E-state index in [1.165, 1.54) is 0 Å². The van der Waals surface area contributed by atoms with Crippen molar-refractivity contribution in [2.24, 2.45) is 5.92 Å². The number of aliphatic hydroxyl groups excluding tert-OH is 1. The molecule has 198 valence electrons. The molecule has 3 heterocycles. The minimum absolute atomic E-state index is 0.0517. The first kappa shape index (κ1) is 25.8. The van der Waals surface area contributed by atoms with E-state index in [1.807, 2.05) is 48.5 Å². The Balaban J connectivity index is 1.23. The van der Waals surface area contributed by atoms with Gasteiger partial charge in [0.2, 0.25) is 0 Å². The first-order valence-electron chi connectivity index (χ1n) is 13.0. The molecule has 3 aliphatic heterocycles. The third-order valence-corrected chi connectivity index (χ3v) is 7.23. The Hall–Kier alpha value is -3.88. The largest absolute Gasteiger partial charge is 0.484 e. The van der Waals surface area contributed by atoms with Crippen LogP contribution in [0.5, 0.6) is 5.75 Å². The minimum atomic E-state index is -0.438. The smallest absolute Gasteiger partial charge is 0.408 e. The summed E-state index contributed by atoms with van der Waals surface area (Å²) in [5.41, 5.74) is 3.13. The quantitative estimate of drug-likeness (QED) is 0.397. The van der Waals surface area contributed by atoms with Gasteiger partial charge in [-0.15, -0.1) is 0 Å². The van der Waals surface area contributed by atoms with Crippen molar-refractivity contribution in [3.8, 4) is 5.75 Å². The fourth-order valence-electron chi connectivity index (χ4n) is 5.16. The van der Waals surface area contributed by atoms with Crippen molar-refractivity contribution in [1.29, 1.82) is 0 Å². The van der Waals surface area contributed by atoms with Gasteiger partial charge in [0, 0.05) is 12.2 Å². The summed E-state index contributed by atoms with van der Waals surface area (Å²) in [5.74, 6) is 0.643. The lowest BCUT2D eigenvalue weighted by Crippen LogP contribution is -2.52. The number of alkyl carbamates (subject to hydrolysis) is 1. The van der Waals surface area contributed by atoms with Gasteiger partial charge < -0.3 is 25.2 Å². The van der Waals surface area contributed by atoms with Crippen LogP contribution in [0.25, 0.3) is 0 Å². The maximum absolute atomic E-state index is 13.0. The SMILES string of the molecule is O=C(COc1cccc([C@@H](NC(=O)O[C@H]2CN3CCC2CC3)c2ccccc2)c1)Nc1ccc(CO)cc1. The summed E-state index contributed by atoms with van der Waals surface area (Å²) in [7, 11) is 0. The van der Waals surface area contributed by atoms with Crippen LogP contribution < -0.4 is 15.4 Å². The Morgan fingerprint density at radius 2 is 1.68 bits per heavy atom. The molecule has 3 N–H and O–H groups in total. The van der Waals surface area contributed by atoms with Crippen molar-refractivity contribution in [3.05, 3.63) is 95.6 Å². The van der Waals surface area contributed by atoms with Gasteiger partial charge in [-0.25, -0.2) is 4.79 Å². The van der Waals surface area contributed by atoms with Crippen LogP contribution >= 0.6 is 0 Å². The van der Waals surface area contributed by atoms with Crippen LogP contribution in [-0.4, -0.2) is 54.4 Å². The number of benzene rings is 3. The Labute approximate surface area is 222 Å². The molecule has 2 amide bonds. The third kappa shape index (κ3) is 6.51. The van der Waals surface area contributed by atoms with Crippen molar-refractivity contribution in [1.82, 2.24) is 10.2 Å². The number of amides is 2. The van der Waals surface area contributed by atoms with Crippen LogP contribution in [0, 0.1) is 5.92 Å². The number of rotatable bonds is 9. The Morgan fingerprint density at radius 1 is 0.947 bits per heavy atom. The second kappa shape index (κ2) is 12.1. The van der Waals surface area contributed by atoms with Gasteiger partial charge in [0.15, 0.2) is 6.61 Å². The van der Waals surface area contributed by atoms with Crippen LogP contribution in [0.15, 0.2) is 78.9 Å². The maximum atomic E-state index is 13.0. The highest BCUT2D eigenvalue weighted by Crippen LogP contribution is 2.30. The highest BCUT2D eigenvalue weighted by molar-refractivity contribution is 5.91. The predicted octanol–water partition coefficient (Wildman–Crippen LogP) is 4.11. The summed E-state index contributed by atoms with van der Waals surface area (Å²) in [6.45, 7) is 2.74. The standard InChI is InChI=1S/C30H33N3O5/c34-19-21-9-11-25(12-10-21)31-28(35)20-37-26-8-4-7-24(17-26)29(23-5-2-1-3-6-23)32-30(36)38-27-18-33-15-13-22(27)14-16-33/h1-12,17,22,27,29,34H,13-16,18-20H2,(H,31,35)(H,32,36)/t27-,29-/m0/s1. The van der Waals surface area contributed by atoms with Gasteiger partial charge in [0.1, 0.15) is 11.9 Å². The topological polar surface area (TPSA) is 100 Å². The predicted molar refractivity (Wildman–Crippen MR) is 144 cm³/mol. The number of piperidine rings is 3. The van der Waals surface area contributed by atoms with Crippen LogP contribution in [-0.2, 0) is 16.1 Å². The number of carbonyl (C=O) groups excluding carboxylic acids is 2. The minimum Gasteiger partial charge on any atom is -0.484 e. The summed E-state index contributed by atoms with van der Waals surface area (Å²) in [6.07, 6.45) is 1.62. The number of aliphatic hydroxyl groups is 1. The van der Waals surface area contributed by atoms with Gasteiger partial charge in [-0.3, -0.25) is 9.69 Å². The number of hydrogen-bond donors (Lipinski definition) is 3. The van der Waals surface area contributed by atoms with E-state index in [4.69, 9.17) is 14.6 Å². The van der Waals surface area contributed by atoms with Gasteiger partial charge in [-0.2, -0.15) is 0 Å². The Bertz CT molecular complexity index is 1230. The second-order valence-corrected chi connectivity index (χ2v) is 9.83. The molecule has 2 bridgehead atoms. The van der Waals surface area contributed by atoms with Crippen molar-refractivity contribution in [3.63, 3.8) is 0 Å². The summed E-state index contributed by atoms with van der Waals surface area (Å²) in [4.78, 5) is 27.8. The first-order chi connectivity index (χ1) is 18.6. The molecule has 8 nitrogen and oxygen atoms in total. The average Bonchev–Trinajstić information content (AvgIpc) is 2.96. The van der Waals surface area contributed by atoms with Crippen molar-refractivity contribution < 1.29 is 24.2 Å². The number of carbonyl (C=O) groups is 2. The van der Waals surface area contributed by atoms with Crippen LogP contribution in [0.3, 0.4) is 0 Å². The Morgan fingerprint density at radius 3 is 2.37 bits per heavy atom. The van der Waals surface area contributed by atoms with E-state index in [0.29, 0.717) is 17.4 Å². The highest BCUT2D eigenvalue weighted by atomic mass is 16.6. The molecule has 2 atom stereocenters. The van der Waals surface area contributed by atoms with Gasteiger partial charge >= 0.3 is 6.09 Å². The molecule has 0 aromatic heterocycles. The van der Waals surface area contributed by atoms with Crippen molar-refractivity contribution in [2.75, 3.05) is 31.6 Å². The number of fused-ring (bicyclic) bond motifs is 3. The molecule has 3 aromatic rings. The zero-order chi connectivity index (χ0) is 26.3. The Kier molecular flexibility index (Phi) is 8.21. The lowest BCUT2D eigenvalue weighted by atomic mass is 9.86. The molecule has 0 aliphatic carbocycles. The fourth-order valence-corrected chi connectivity index (χ4v) is 5.16. The molecule has 0 spiro atoms. The van der Waals surface area contributed by atoms with E-state index in [0.717, 1.165) is 49.2 Å². The molecule has 8 heteroatoms. The molecule has 0 saturated carbocycles. The molecular weight excluding hydrogens is 482 g/mol. The molecule has 38 heavy (non-hydrogen) atoms. The summed E-state index contributed by atoms with van der Waals surface area (Å²) < 4.78 is 11.7. The summed E-state index contributed by atoms with van der Waals surface area (Å²) in [5, 5.41) is 15.0. The van der Waals surface area contributed by atoms with Crippen LogP contribution in [0.1, 0.15) is 35.6 Å². The van der Waals surface area contributed by atoms with E-state index < -0.39 is 12.1 Å². The molecule has 0 unspecified atom stereocenters. The monoisotopic (exact) mass is 515 g/mol. The van der Waals surface area contributed by atoms with Gasteiger partial charge in [0.05, 0.1) is 12.6 Å². The number of anilines is 1. The molecule has 3 fully saturated rings. The van der Waals surface area contributed by atoms with Crippen LogP contribution in [0.4, 0.5) is 10.5 Å². The number of hydrogen-bond acceptors (Lipinski definition) is 6. The lowest BCUT2D eigenvalue weighted by Gasteiger charge is -2.43. The molecule has 3 saturated heterocycles. The number of nitrogens with one attached hydrogen (secondary N) is 2. The zero-order valence-corrected chi connectivity index (χ0v) is 21.2. The van der Waals surface area contributed by atoms with Gasteiger partial charge in [-0.1, -0.05) is 54.6 Å². The molecule has 3 aliphatic rings. The fraction of sp³-hybridized carbons (Fsp3) is 0.333. The van der Waals surface area contributed by atoms with Gasteiger partial charge in [-0.05, 0) is 72.8 Å². The lowest BCUT2D eigenvalue weighted by molar-refractivity contribution is -0.118. The van der Waals surface area contributed by atoms with E-state index >= 15 is 0 Å². The first-order valence-corrected chi connectivity index (χ1v) is 13.0. The van der Waals surface area contributed by atoms with Crippen LogP contribution in [0.2, 0.25) is 0 Å². The molecule has 6 rings (SSSR count). The van der Waals surface area contributed by atoms with E-state index in [2.05, 4.69) is 15.5 Å². The number of ether oxygens (including phenoxy) is 2. The highest BCUT2D eigenvalue weighted by Gasteiger charge is 2.36. The summed E-state index contributed by atoms with van der Waals surface area (Å²) in [6, 6.07) is 23.6. The molecule has 3 aromatic carbocycles. The third-order valence-electron chi connectivity index (χ3n) is 7.23. The van der Waals surface area contributed by atoms with E-state index in [1.54, 1.807) is 30.3 Å². The normalized spacial score (nSPS) is 20.8. The van der Waals surface area contributed by atoms with E-state index in [-0.39, 0.29) is 25.2 Å². The molecule has 0 radical (unpaired) electrons.